The lowest BCUT2D eigenvalue weighted by Crippen LogP contribution is -2.31. The number of hydrogen-bond acceptors (Lipinski definition) is 4. The van der Waals surface area contributed by atoms with Crippen molar-refractivity contribution in [2.75, 3.05) is 0 Å². The summed E-state index contributed by atoms with van der Waals surface area (Å²) in [7, 11) is -3.59. The standard InChI is InChI=1S/C10H16N2O3S/c1-3-4-8(2)12-16(13,14)10-6-5-9(7-11)15-10/h3,5-6,8,12H,1,4,7,11H2,2H3. The van der Waals surface area contributed by atoms with Crippen molar-refractivity contribution in [3.63, 3.8) is 0 Å². The van der Waals surface area contributed by atoms with Gasteiger partial charge in [0.1, 0.15) is 5.76 Å². The zero-order valence-electron chi connectivity index (χ0n) is 9.14. The molecule has 0 radical (unpaired) electrons. The predicted molar refractivity (Wildman–Crippen MR) is 61.2 cm³/mol. The first kappa shape index (κ1) is 13.0. The molecular weight excluding hydrogens is 228 g/mol. The lowest BCUT2D eigenvalue weighted by Gasteiger charge is -2.10. The highest BCUT2D eigenvalue weighted by molar-refractivity contribution is 7.89. The van der Waals surface area contributed by atoms with Crippen LogP contribution in [0, 0.1) is 0 Å². The zero-order valence-corrected chi connectivity index (χ0v) is 9.96. The topological polar surface area (TPSA) is 85.3 Å². The molecule has 0 aliphatic carbocycles. The molecule has 6 heteroatoms. The van der Waals surface area contributed by atoms with Gasteiger partial charge in [0, 0.05) is 6.04 Å². The summed E-state index contributed by atoms with van der Waals surface area (Å²) in [6, 6.07) is 2.73. The minimum atomic E-state index is -3.59. The molecule has 1 aromatic heterocycles. The van der Waals surface area contributed by atoms with Crippen LogP contribution < -0.4 is 10.5 Å². The van der Waals surface area contributed by atoms with Gasteiger partial charge in [-0.25, -0.2) is 13.1 Å². The van der Waals surface area contributed by atoms with E-state index in [4.69, 9.17) is 10.2 Å². The number of nitrogens with two attached hydrogens (primary N) is 1. The number of nitrogens with one attached hydrogen (secondary N) is 1. The van der Waals surface area contributed by atoms with Crippen LogP contribution in [0.25, 0.3) is 0 Å². The molecule has 0 saturated carbocycles. The Hall–Kier alpha value is -1.11. The van der Waals surface area contributed by atoms with Crippen molar-refractivity contribution in [1.29, 1.82) is 0 Å². The number of furan rings is 1. The van der Waals surface area contributed by atoms with Crippen LogP contribution >= 0.6 is 0 Å². The van der Waals surface area contributed by atoms with Crippen molar-refractivity contribution < 1.29 is 12.8 Å². The van der Waals surface area contributed by atoms with Gasteiger partial charge < -0.3 is 10.2 Å². The molecule has 1 unspecified atom stereocenters. The molecule has 0 saturated heterocycles. The summed E-state index contributed by atoms with van der Waals surface area (Å²) >= 11 is 0. The lowest BCUT2D eigenvalue weighted by atomic mass is 10.3. The molecule has 0 bridgehead atoms. The van der Waals surface area contributed by atoms with E-state index in [-0.39, 0.29) is 17.7 Å². The van der Waals surface area contributed by atoms with Gasteiger partial charge in [-0.15, -0.1) is 6.58 Å². The van der Waals surface area contributed by atoms with E-state index in [1.807, 2.05) is 0 Å². The minimum Gasteiger partial charge on any atom is -0.447 e. The van der Waals surface area contributed by atoms with E-state index in [1.165, 1.54) is 6.07 Å². The largest absolute Gasteiger partial charge is 0.447 e. The SMILES string of the molecule is C=CCC(C)NS(=O)(=O)c1ccc(CN)o1. The Kier molecular flexibility index (Phi) is 4.28. The first-order chi connectivity index (χ1) is 7.49. The quantitative estimate of drug-likeness (QED) is 0.730. The van der Waals surface area contributed by atoms with Gasteiger partial charge in [0.25, 0.3) is 10.0 Å². The summed E-state index contributed by atoms with van der Waals surface area (Å²) in [5.41, 5.74) is 5.33. The molecule has 0 aliphatic rings. The highest BCUT2D eigenvalue weighted by atomic mass is 32.2. The van der Waals surface area contributed by atoms with Crippen LogP contribution in [0.1, 0.15) is 19.1 Å². The van der Waals surface area contributed by atoms with Crippen LogP contribution in [0.4, 0.5) is 0 Å². The maximum absolute atomic E-state index is 11.8. The summed E-state index contributed by atoms with van der Waals surface area (Å²) < 4.78 is 31.1. The third-order valence-corrected chi connectivity index (χ3v) is 3.44. The Morgan fingerprint density at radius 1 is 1.62 bits per heavy atom. The normalized spacial score (nSPS) is 13.6. The average Bonchev–Trinajstić information content (AvgIpc) is 2.65. The maximum Gasteiger partial charge on any atom is 0.274 e. The first-order valence-electron chi connectivity index (χ1n) is 4.91. The van der Waals surface area contributed by atoms with Crippen molar-refractivity contribution in [2.45, 2.75) is 31.0 Å². The van der Waals surface area contributed by atoms with Gasteiger partial charge in [0.05, 0.1) is 6.54 Å². The van der Waals surface area contributed by atoms with Crippen LogP contribution in [0.3, 0.4) is 0 Å². The second-order valence-electron chi connectivity index (χ2n) is 3.47. The highest BCUT2D eigenvalue weighted by Crippen LogP contribution is 2.14. The van der Waals surface area contributed by atoms with Crippen molar-refractivity contribution >= 4 is 10.0 Å². The minimum absolute atomic E-state index is 0.108. The van der Waals surface area contributed by atoms with Gasteiger partial charge in [0.15, 0.2) is 0 Å². The number of sulfonamides is 1. The molecule has 1 heterocycles. The summed E-state index contributed by atoms with van der Waals surface area (Å²) in [5, 5.41) is -0.108. The fraction of sp³-hybridized carbons (Fsp3) is 0.400. The van der Waals surface area contributed by atoms with Crippen molar-refractivity contribution in [1.82, 2.24) is 4.72 Å². The molecule has 90 valence electrons. The average molecular weight is 244 g/mol. The lowest BCUT2D eigenvalue weighted by molar-refractivity contribution is 0.410. The summed E-state index contributed by atoms with van der Waals surface area (Å²) in [6.45, 7) is 5.48. The van der Waals surface area contributed by atoms with E-state index in [0.29, 0.717) is 12.2 Å². The Bertz CT molecular complexity index is 450. The van der Waals surface area contributed by atoms with E-state index < -0.39 is 10.0 Å². The van der Waals surface area contributed by atoms with Crippen molar-refractivity contribution in [2.24, 2.45) is 5.73 Å². The molecule has 0 fully saturated rings. The van der Waals surface area contributed by atoms with Gasteiger partial charge in [-0.1, -0.05) is 6.08 Å². The fourth-order valence-corrected chi connectivity index (χ4v) is 2.44. The van der Waals surface area contributed by atoms with E-state index >= 15 is 0 Å². The Morgan fingerprint density at radius 3 is 2.81 bits per heavy atom. The second kappa shape index (κ2) is 5.29. The zero-order chi connectivity index (χ0) is 12.2. The van der Waals surface area contributed by atoms with E-state index in [2.05, 4.69) is 11.3 Å². The van der Waals surface area contributed by atoms with E-state index in [0.717, 1.165) is 0 Å². The molecule has 1 aromatic rings. The van der Waals surface area contributed by atoms with Crippen molar-refractivity contribution in [3.8, 4) is 0 Å². The molecule has 1 atom stereocenters. The monoisotopic (exact) mass is 244 g/mol. The van der Waals surface area contributed by atoms with Crippen LogP contribution in [0.2, 0.25) is 0 Å². The number of hydrogen-bond donors (Lipinski definition) is 2. The van der Waals surface area contributed by atoms with Gasteiger partial charge in [-0.05, 0) is 25.5 Å². The molecule has 1 rings (SSSR count). The van der Waals surface area contributed by atoms with Gasteiger partial charge in [-0.3, -0.25) is 0 Å². The summed E-state index contributed by atoms with van der Waals surface area (Å²) in [4.78, 5) is 0. The molecular formula is C10H16N2O3S. The molecule has 16 heavy (non-hydrogen) atoms. The maximum atomic E-state index is 11.8. The first-order valence-corrected chi connectivity index (χ1v) is 6.40. The molecule has 5 nitrogen and oxygen atoms in total. The molecule has 0 aliphatic heterocycles. The smallest absolute Gasteiger partial charge is 0.274 e. The third kappa shape index (κ3) is 3.19. The Morgan fingerprint density at radius 2 is 2.31 bits per heavy atom. The third-order valence-electron chi connectivity index (χ3n) is 1.98. The van der Waals surface area contributed by atoms with Crippen LogP contribution in [0.15, 0.2) is 34.3 Å². The highest BCUT2D eigenvalue weighted by Gasteiger charge is 2.20. The fourth-order valence-electron chi connectivity index (χ4n) is 1.23. The van der Waals surface area contributed by atoms with Gasteiger partial charge >= 0.3 is 0 Å². The van der Waals surface area contributed by atoms with Gasteiger partial charge in [-0.2, -0.15) is 0 Å². The Balaban J connectivity index is 2.81. The summed E-state index contributed by atoms with van der Waals surface area (Å²) in [5.74, 6) is 0.441. The molecule has 0 amide bonds. The van der Waals surface area contributed by atoms with E-state index in [1.54, 1.807) is 19.1 Å². The van der Waals surface area contributed by atoms with Crippen LogP contribution in [-0.4, -0.2) is 14.5 Å². The summed E-state index contributed by atoms with van der Waals surface area (Å²) in [6.07, 6.45) is 2.21. The van der Waals surface area contributed by atoms with E-state index in [9.17, 15) is 8.42 Å². The van der Waals surface area contributed by atoms with Crippen LogP contribution in [0.5, 0.6) is 0 Å². The van der Waals surface area contributed by atoms with Crippen molar-refractivity contribution in [3.05, 3.63) is 30.5 Å². The van der Waals surface area contributed by atoms with Gasteiger partial charge in [0.2, 0.25) is 5.09 Å². The molecule has 3 N–H and O–H groups in total. The molecule has 0 aromatic carbocycles. The van der Waals surface area contributed by atoms with Crippen LogP contribution in [-0.2, 0) is 16.6 Å². The predicted octanol–water partition coefficient (Wildman–Crippen LogP) is 0.981. The second-order valence-corrected chi connectivity index (χ2v) is 5.12. The number of rotatable bonds is 6. The molecule has 0 spiro atoms. The Labute approximate surface area is 95.4 Å².